The van der Waals surface area contributed by atoms with Crippen molar-refractivity contribution < 1.29 is 0 Å². The van der Waals surface area contributed by atoms with Gasteiger partial charge in [-0.2, -0.15) is 5.26 Å². The van der Waals surface area contributed by atoms with Gasteiger partial charge in [0.1, 0.15) is 0 Å². The van der Waals surface area contributed by atoms with Crippen LogP contribution in [0.2, 0.25) is 0 Å². The average Bonchev–Trinajstić information content (AvgIpc) is 2.51. The molecular formula is C11H9NS2. The number of thiol groups is 1. The molecule has 14 heavy (non-hydrogen) atoms. The van der Waals surface area contributed by atoms with Gasteiger partial charge in [-0.1, -0.05) is 12.1 Å². The first kappa shape index (κ1) is 9.57. The maximum atomic E-state index is 8.75. The maximum absolute atomic E-state index is 8.75. The molecule has 0 atom stereocenters. The number of aryl methyl sites for hydroxylation is 1. The van der Waals surface area contributed by atoms with E-state index in [0.29, 0.717) is 6.42 Å². The lowest BCUT2D eigenvalue weighted by atomic mass is 10.0. The molecule has 2 aromatic rings. The number of fused-ring (bicyclic) bond motifs is 1. The molecule has 0 saturated carbocycles. The van der Waals surface area contributed by atoms with Crippen LogP contribution in [0.1, 0.15) is 11.1 Å². The van der Waals surface area contributed by atoms with E-state index in [9.17, 15) is 0 Å². The zero-order chi connectivity index (χ0) is 10.1. The first-order valence-electron chi connectivity index (χ1n) is 4.30. The van der Waals surface area contributed by atoms with E-state index < -0.39 is 0 Å². The Morgan fingerprint density at radius 2 is 2.29 bits per heavy atom. The Labute approximate surface area is 92.4 Å². The Morgan fingerprint density at radius 3 is 3.00 bits per heavy atom. The molecule has 0 saturated heterocycles. The van der Waals surface area contributed by atoms with Crippen molar-refractivity contribution in [1.82, 2.24) is 0 Å². The minimum atomic E-state index is 0.483. The van der Waals surface area contributed by atoms with Gasteiger partial charge >= 0.3 is 0 Å². The van der Waals surface area contributed by atoms with Gasteiger partial charge in [0.25, 0.3) is 0 Å². The summed E-state index contributed by atoms with van der Waals surface area (Å²) in [6.07, 6.45) is 0.483. The zero-order valence-electron chi connectivity index (χ0n) is 7.74. The van der Waals surface area contributed by atoms with Gasteiger partial charge in [-0.05, 0) is 29.5 Å². The van der Waals surface area contributed by atoms with Gasteiger partial charge in [0, 0.05) is 4.70 Å². The number of thiophene rings is 1. The molecule has 0 aliphatic rings. The Morgan fingerprint density at radius 1 is 1.50 bits per heavy atom. The maximum Gasteiger partial charge on any atom is 0.0670 e. The van der Waals surface area contributed by atoms with Crippen LogP contribution in [0.3, 0.4) is 0 Å². The van der Waals surface area contributed by atoms with Crippen LogP contribution < -0.4 is 0 Å². The van der Waals surface area contributed by atoms with Crippen LogP contribution in [0.4, 0.5) is 0 Å². The van der Waals surface area contributed by atoms with Crippen LogP contribution in [-0.2, 0) is 6.42 Å². The minimum absolute atomic E-state index is 0.483. The molecule has 0 unspecified atom stereocenters. The number of hydrogen-bond acceptors (Lipinski definition) is 3. The molecule has 70 valence electrons. The lowest BCUT2D eigenvalue weighted by Crippen LogP contribution is -1.86. The van der Waals surface area contributed by atoms with Gasteiger partial charge in [-0.25, -0.2) is 0 Å². The van der Waals surface area contributed by atoms with Crippen LogP contribution in [0.5, 0.6) is 0 Å². The molecule has 0 N–H and O–H groups in total. The smallest absolute Gasteiger partial charge is 0.0670 e. The van der Waals surface area contributed by atoms with Gasteiger partial charge in [-0.3, -0.25) is 0 Å². The van der Waals surface area contributed by atoms with E-state index in [1.54, 1.807) is 11.3 Å². The average molecular weight is 219 g/mol. The second-order valence-corrected chi connectivity index (χ2v) is 5.04. The Hall–Kier alpha value is -0.980. The minimum Gasteiger partial charge on any atom is -0.198 e. The highest BCUT2D eigenvalue weighted by Gasteiger charge is 2.07. The fourth-order valence-electron chi connectivity index (χ4n) is 1.54. The summed E-state index contributed by atoms with van der Waals surface area (Å²) in [6, 6.07) is 8.40. The summed E-state index contributed by atoms with van der Waals surface area (Å²) in [7, 11) is 0. The van der Waals surface area contributed by atoms with E-state index in [-0.39, 0.29) is 0 Å². The van der Waals surface area contributed by atoms with Gasteiger partial charge < -0.3 is 0 Å². The fraction of sp³-hybridized carbons (Fsp3) is 0.182. The summed E-state index contributed by atoms with van der Waals surface area (Å²) in [5, 5.41) is 9.94. The van der Waals surface area contributed by atoms with Gasteiger partial charge in [-0.15, -0.1) is 24.0 Å². The highest BCUT2D eigenvalue weighted by molar-refractivity contribution is 7.83. The number of nitriles is 1. The highest BCUT2D eigenvalue weighted by atomic mass is 32.2. The standard InChI is InChI=1S/C11H9NS2/c1-7-2-3-8-6-10(13)14-11(8)9(7)4-5-12/h2-3,6,13H,4H2,1H3. The third kappa shape index (κ3) is 1.52. The molecule has 0 bridgehead atoms. The van der Waals surface area contributed by atoms with E-state index in [0.717, 1.165) is 9.77 Å². The van der Waals surface area contributed by atoms with E-state index in [1.165, 1.54) is 15.6 Å². The van der Waals surface area contributed by atoms with Crippen LogP contribution >= 0.6 is 24.0 Å². The Bertz CT molecular complexity index is 520. The van der Waals surface area contributed by atoms with Crippen LogP contribution in [0, 0.1) is 18.3 Å². The lowest BCUT2D eigenvalue weighted by Gasteiger charge is -2.01. The van der Waals surface area contributed by atoms with Crippen molar-refractivity contribution in [2.45, 2.75) is 17.6 Å². The summed E-state index contributed by atoms with van der Waals surface area (Å²) in [5.41, 5.74) is 2.34. The molecule has 3 heteroatoms. The second kappa shape index (κ2) is 3.64. The quantitative estimate of drug-likeness (QED) is 0.728. The second-order valence-electron chi connectivity index (χ2n) is 3.20. The molecule has 1 nitrogen and oxygen atoms in total. The van der Waals surface area contributed by atoms with Crippen molar-refractivity contribution >= 4 is 34.1 Å². The first-order valence-corrected chi connectivity index (χ1v) is 5.56. The fourth-order valence-corrected chi connectivity index (χ4v) is 2.95. The van der Waals surface area contributed by atoms with Gasteiger partial charge in [0.05, 0.1) is 16.7 Å². The summed E-state index contributed by atoms with van der Waals surface area (Å²) < 4.78 is 2.21. The SMILES string of the molecule is Cc1ccc2cc(S)sc2c1CC#N. The molecule has 1 heterocycles. The molecular weight excluding hydrogens is 210 g/mol. The topological polar surface area (TPSA) is 23.8 Å². The third-order valence-electron chi connectivity index (χ3n) is 2.27. The highest BCUT2D eigenvalue weighted by Crippen LogP contribution is 2.32. The lowest BCUT2D eigenvalue weighted by molar-refractivity contribution is 1.25. The molecule has 1 aromatic carbocycles. The van der Waals surface area contributed by atoms with Crippen molar-refractivity contribution in [3.05, 3.63) is 29.3 Å². The first-order chi connectivity index (χ1) is 6.72. The van der Waals surface area contributed by atoms with Crippen molar-refractivity contribution in [1.29, 1.82) is 5.26 Å². The number of benzene rings is 1. The number of nitrogens with zero attached hydrogens (tertiary/aromatic N) is 1. The van der Waals surface area contributed by atoms with Crippen molar-refractivity contribution in [2.75, 3.05) is 0 Å². The summed E-state index contributed by atoms with van der Waals surface area (Å²) in [5.74, 6) is 0. The largest absolute Gasteiger partial charge is 0.198 e. The summed E-state index contributed by atoms with van der Waals surface area (Å²) in [6.45, 7) is 2.05. The van der Waals surface area contributed by atoms with Crippen molar-refractivity contribution in [3.63, 3.8) is 0 Å². The van der Waals surface area contributed by atoms with Crippen LogP contribution in [-0.4, -0.2) is 0 Å². The zero-order valence-corrected chi connectivity index (χ0v) is 9.45. The predicted molar refractivity (Wildman–Crippen MR) is 63.1 cm³/mol. The Kier molecular flexibility index (Phi) is 2.49. The molecule has 0 aliphatic carbocycles. The molecule has 0 amide bonds. The van der Waals surface area contributed by atoms with Crippen molar-refractivity contribution in [3.8, 4) is 6.07 Å². The van der Waals surface area contributed by atoms with E-state index in [1.807, 2.05) is 13.0 Å². The van der Waals surface area contributed by atoms with Gasteiger partial charge in [0.15, 0.2) is 0 Å². The molecule has 0 aliphatic heterocycles. The van der Waals surface area contributed by atoms with Crippen molar-refractivity contribution in [2.24, 2.45) is 0 Å². The summed E-state index contributed by atoms with van der Waals surface area (Å²) >= 11 is 5.97. The normalized spacial score (nSPS) is 10.4. The third-order valence-corrected chi connectivity index (χ3v) is 3.68. The molecule has 0 spiro atoms. The molecule has 0 radical (unpaired) electrons. The predicted octanol–water partition coefficient (Wildman–Crippen LogP) is 3.56. The molecule has 1 aromatic heterocycles. The number of rotatable bonds is 1. The molecule has 2 rings (SSSR count). The van der Waals surface area contributed by atoms with Gasteiger partial charge in [0.2, 0.25) is 0 Å². The summed E-state index contributed by atoms with van der Waals surface area (Å²) in [4.78, 5) is 0. The number of hydrogen-bond donors (Lipinski definition) is 1. The van der Waals surface area contributed by atoms with Crippen LogP contribution in [0.25, 0.3) is 10.1 Å². The van der Waals surface area contributed by atoms with Crippen LogP contribution in [0.15, 0.2) is 22.4 Å². The van der Waals surface area contributed by atoms with E-state index >= 15 is 0 Å². The van der Waals surface area contributed by atoms with E-state index in [2.05, 4.69) is 30.8 Å². The monoisotopic (exact) mass is 219 g/mol. The van der Waals surface area contributed by atoms with E-state index in [4.69, 9.17) is 5.26 Å². The molecule has 0 fully saturated rings. The Balaban J connectivity index is 2.76.